The van der Waals surface area contributed by atoms with Crippen molar-refractivity contribution < 1.29 is 23.8 Å². The average Bonchev–Trinajstić information content (AvgIpc) is 3.26. The molecule has 36 heavy (non-hydrogen) atoms. The predicted octanol–water partition coefficient (Wildman–Crippen LogP) is 4.20. The van der Waals surface area contributed by atoms with Crippen molar-refractivity contribution in [3.8, 4) is 5.75 Å². The molecule has 1 aromatic heterocycles. The highest BCUT2D eigenvalue weighted by Crippen LogP contribution is 2.35. The van der Waals surface area contributed by atoms with Crippen LogP contribution in [0.25, 0.3) is 10.9 Å². The monoisotopic (exact) mass is 495 g/mol. The highest BCUT2D eigenvalue weighted by atomic mass is 19.1. The van der Waals surface area contributed by atoms with Crippen molar-refractivity contribution >= 4 is 16.9 Å². The molecule has 2 fully saturated rings. The fourth-order valence-corrected chi connectivity index (χ4v) is 5.56. The van der Waals surface area contributed by atoms with Crippen LogP contribution in [-0.2, 0) is 17.8 Å². The molecular weight excluding hydrogens is 461 g/mol. The number of rotatable bonds is 8. The number of benzene rings is 2. The zero-order valence-corrected chi connectivity index (χ0v) is 20.8. The van der Waals surface area contributed by atoms with Gasteiger partial charge < -0.3 is 19.1 Å². The van der Waals surface area contributed by atoms with Crippen LogP contribution < -0.4 is 4.74 Å². The van der Waals surface area contributed by atoms with Crippen molar-refractivity contribution in [3.63, 3.8) is 0 Å². The fraction of sp³-hybridized carbons (Fsp3) is 0.464. The Morgan fingerprint density at radius 3 is 2.56 bits per heavy atom. The molecule has 0 radical (unpaired) electrons. The Balaban J connectivity index is 1.27. The Labute approximate surface area is 211 Å². The zero-order valence-electron chi connectivity index (χ0n) is 20.8. The summed E-state index contributed by atoms with van der Waals surface area (Å²) in [5.41, 5.74) is 3.45. The summed E-state index contributed by atoms with van der Waals surface area (Å²) in [6, 6.07) is 10.5. The van der Waals surface area contributed by atoms with Crippen molar-refractivity contribution in [2.75, 3.05) is 53.0 Å². The summed E-state index contributed by atoms with van der Waals surface area (Å²) in [7, 11) is 1.49. The Hall–Kier alpha value is -2.94. The smallest absolute Gasteiger partial charge is 0.339 e. The number of methoxy groups -OCH3 is 1. The normalized spacial score (nSPS) is 18.1. The van der Waals surface area contributed by atoms with Gasteiger partial charge in [0.25, 0.3) is 0 Å². The van der Waals surface area contributed by atoms with Gasteiger partial charge in [0.2, 0.25) is 0 Å². The molecule has 3 aromatic rings. The lowest BCUT2D eigenvalue weighted by Crippen LogP contribution is -2.38. The third-order valence-corrected chi connectivity index (χ3v) is 7.56. The number of aromatic carboxylic acids is 1. The highest BCUT2D eigenvalue weighted by molar-refractivity contribution is 5.91. The van der Waals surface area contributed by atoms with Gasteiger partial charge in [-0.05, 0) is 73.3 Å². The number of likely N-dealkylation sites (tertiary alicyclic amines) is 1. The summed E-state index contributed by atoms with van der Waals surface area (Å²) in [6.07, 6.45) is 4.28. The maximum atomic E-state index is 14.2. The molecule has 2 aliphatic rings. The molecular formula is C28H34FN3O4. The number of halogens is 1. The van der Waals surface area contributed by atoms with E-state index in [-0.39, 0.29) is 11.4 Å². The third kappa shape index (κ3) is 5.40. The summed E-state index contributed by atoms with van der Waals surface area (Å²) in [6.45, 7) is 7.79. The van der Waals surface area contributed by atoms with Crippen molar-refractivity contribution in [2.24, 2.45) is 0 Å². The minimum absolute atomic E-state index is 0.196. The van der Waals surface area contributed by atoms with Crippen LogP contribution in [0.5, 0.6) is 5.75 Å². The molecule has 0 saturated carbocycles. The molecule has 192 valence electrons. The SMILES string of the molecule is COc1ccc(CN2CCC(c3cn(CCN4CCOCC4)c4cc(F)ccc34)CC2)cc1C(=O)O. The average molecular weight is 496 g/mol. The number of hydrogen-bond acceptors (Lipinski definition) is 5. The number of ether oxygens (including phenoxy) is 2. The van der Waals surface area contributed by atoms with E-state index in [1.165, 1.54) is 12.7 Å². The number of fused-ring (bicyclic) bond motifs is 1. The molecule has 2 aromatic carbocycles. The van der Waals surface area contributed by atoms with Gasteiger partial charge in [-0.15, -0.1) is 0 Å². The Morgan fingerprint density at radius 1 is 1.06 bits per heavy atom. The molecule has 0 bridgehead atoms. The van der Waals surface area contributed by atoms with Gasteiger partial charge in [-0.1, -0.05) is 6.07 Å². The van der Waals surface area contributed by atoms with Crippen LogP contribution in [0.1, 0.15) is 40.2 Å². The summed E-state index contributed by atoms with van der Waals surface area (Å²) in [5.74, 6) is -0.376. The lowest BCUT2D eigenvalue weighted by atomic mass is 9.89. The minimum Gasteiger partial charge on any atom is -0.496 e. The molecule has 0 unspecified atom stereocenters. The molecule has 0 spiro atoms. The van der Waals surface area contributed by atoms with Gasteiger partial charge in [0, 0.05) is 44.3 Å². The summed E-state index contributed by atoms with van der Waals surface area (Å²) in [4.78, 5) is 16.3. The number of piperidine rings is 1. The van der Waals surface area contributed by atoms with E-state index in [0.29, 0.717) is 18.2 Å². The molecule has 0 atom stereocenters. The van der Waals surface area contributed by atoms with Gasteiger partial charge in [-0.25, -0.2) is 9.18 Å². The number of nitrogens with zero attached hydrogens (tertiary/aromatic N) is 3. The van der Waals surface area contributed by atoms with Crippen molar-refractivity contribution in [3.05, 3.63) is 65.1 Å². The van der Waals surface area contributed by atoms with Crippen LogP contribution >= 0.6 is 0 Å². The van der Waals surface area contributed by atoms with Crippen LogP contribution in [0.4, 0.5) is 4.39 Å². The first kappa shape index (κ1) is 24.7. The third-order valence-electron chi connectivity index (χ3n) is 7.56. The first-order chi connectivity index (χ1) is 17.5. The van der Waals surface area contributed by atoms with Gasteiger partial charge in [0.1, 0.15) is 17.1 Å². The second kappa shape index (κ2) is 11.0. The number of morpholine rings is 1. The largest absolute Gasteiger partial charge is 0.496 e. The summed E-state index contributed by atoms with van der Waals surface area (Å²) in [5, 5.41) is 10.6. The lowest BCUT2D eigenvalue weighted by molar-refractivity contribution is 0.0365. The van der Waals surface area contributed by atoms with Crippen molar-refractivity contribution in [1.29, 1.82) is 0 Å². The molecule has 8 heteroatoms. The molecule has 7 nitrogen and oxygen atoms in total. The number of hydrogen-bond donors (Lipinski definition) is 1. The number of aromatic nitrogens is 1. The number of carboxylic acids is 1. The van der Waals surface area contributed by atoms with E-state index in [1.807, 2.05) is 12.1 Å². The molecule has 1 N–H and O–H groups in total. The van der Waals surface area contributed by atoms with Gasteiger partial charge >= 0.3 is 5.97 Å². The highest BCUT2D eigenvalue weighted by Gasteiger charge is 2.25. The van der Waals surface area contributed by atoms with E-state index in [2.05, 4.69) is 20.6 Å². The quantitative estimate of drug-likeness (QED) is 0.505. The summed E-state index contributed by atoms with van der Waals surface area (Å²) < 4.78 is 27.0. The van der Waals surface area contributed by atoms with Crippen LogP contribution in [0.2, 0.25) is 0 Å². The lowest BCUT2D eigenvalue weighted by Gasteiger charge is -2.32. The zero-order chi connectivity index (χ0) is 25.1. The standard InChI is InChI=1S/C28H34FN3O4/c1-35-27-5-2-20(16-24(27)28(33)34)18-31-8-6-21(7-9-31)25-19-32(11-10-30-12-14-36-15-13-30)26-17-22(29)3-4-23(25)26/h2-5,16-17,19,21H,6-15,18H2,1H3,(H,33,34). The van der Waals surface area contributed by atoms with Crippen LogP contribution in [-0.4, -0.2) is 78.5 Å². The Morgan fingerprint density at radius 2 is 1.83 bits per heavy atom. The first-order valence-electron chi connectivity index (χ1n) is 12.7. The van der Waals surface area contributed by atoms with E-state index in [9.17, 15) is 14.3 Å². The molecule has 2 aliphatic heterocycles. The fourth-order valence-electron chi connectivity index (χ4n) is 5.56. The predicted molar refractivity (Wildman–Crippen MR) is 136 cm³/mol. The van der Waals surface area contributed by atoms with Crippen LogP contribution in [0.3, 0.4) is 0 Å². The second-order valence-corrected chi connectivity index (χ2v) is 9.78. The molecule has 0 amide bonds. The maximum absolute atomic E-state index is 14.2. The van der Waals surface area contributed by atoms with Crippen LogP contribution in [0.15, 0.2) is 42.6 Å². The van der Waals surface area contributed by atoms with E-state index >= 15 is 0 Å². The Bertz CT molecular complexity index is 1210. The van der Waals surface area contributed by atoms with Gasteiger partial charge in [-0.2, -0.15) is 0 Å². The molecule has 3 heterocycles. The number of carbonyl (C=O) groups is 1. The molecule has 0 aliphatic carbocycles. The topological polar surface area (TPSA) is 67.2 Å². The molecule has 2 saturated heterocycles. The van der Waals surface area contributed by atoms with E-state index in [0.717, 1.165) is 81.8 Å². The van der Waals surface area contributed by atoms with E-state index in [4.69, 9.17) is 9.47 Å². The van der Waals surface area contributed by atoms with Crippen molar-refractivity contribution in [1.82, 2.24) is 14.4 Å². The number of carboxylic acid groups (broad SMARTS) is 1. The second-order valence-electron chi connectivity index (χ2n) is 9.78. The Kier molecular flexibility index (Phi) is 7.55. The first-order valence-corrected chi connectivity index (χ1v) is 12.7. The summed E-state index contributed by atoms with van der Waals surface area (Å²) >= 11 is 0. The van der Waals surface area contributed by atoms with Crippen LogP contribution in [0, 0.1) is 5.82 Å². The maximum Gasteiger partial charge on any atom is 0.339 e. The van der Waals surface area contributed by atoms with E-state index < -0.39 is 5.97 Å². The molecule has 5 rings (SSSR count). The van der Waals surface area contributed by atoms with Crippen molar-refractivity contribution in [2.45, 2.75) is 31.8 Å². The van der Waals surface area contributed by atoms with Gasteiger partial charge in [0.15, 0.2) is 0 Å². The van der Waals surface area contributed by atoms with Gasteiger partial charge in [-0.3, -0.25) is 9.80 Å². The minimum atomic E-state index is -0.978. The van der Waals surface area contributed by atoms with Gasteiger partial charge in [0.05, 0.1) is 25.8 Å². The van der Waals surface area contributed by atoms with E-state index in [1.54, 1.807) is 24.3 Å².